The molecule has 0 saturated carbocycles. The molecule has 3 aromatic heterocycles. The molecule has 1 aromatic carbocycles. The zero-order chi connectivity index (χ0) is 20.2. The molecule has 1 amide bonds. The highest BCUT2D eigenvalue weighted by Gasteiger charge is 2.13. The zero-order valence-electron chi connectivity index (χ0n) is 15.8. The lowest BCUT2D eigenvalue weighted by Gasteiger charge is -2.10. The van der Waals surface area contributed by atoms with Crippen molar-refractivity contribution in [2.75, 3.05) is 19.4 Å². The van der Waals surface area contributed by atoms with E-state index in [4.69, 9.17) is 4.42 Å². The van der Waals surface area contributed by atoms with E-state index in [0.29, 0.717) is 17.0 Å². The number of benzene rings is 1. The first-order valence-corrected chi connectivity index (χ1v) is 8.75. The molecule has 29 heavy (non-hydrogen) atoms. The Bertz CT molecular complexity index is 1130. The summed E-state index contributed by atoms with van der Waals surface area (Å²) in [5, 5.41) is 11.0. The number of aromatic nitrogens is 5. The van der Waals surface area contributed by atoms with E-state index >= 15 is 0 Å². The Labute approximate surface area is 166 Å². The van der Waals surface area contributed by atoms with Crippen molar-refractivity contribution < 1.29 is 9.21 Å². The second kappa shape index (κ2) is 7.85. The van der Waals surface area contributed by atoms with Gasteiger partial charge in [-0.25, -0.2) is 4.98 Å². The van der Waals surface area contributed by atoms with Crippen LogP contribution in [0.5, 0.6) is 0 Å². The predicted molar refractivity (Wildman–Crippen MR) is 106 cm³/mol. The summed E-state index contributed by atoms with van der Waals surface area (Å²) in [4.78, 5) is 26.3. The Morgan fingerprint density at radius 3 is 2.48 bits per heavy atom. The molecular formula is C20H17N7O2. The predicted octanol–water partition coefficient (Wildman–Crippen LogP) is 3.03. The van der Waals surface area contributed by atoms with E-state index in [1.165, 1.54) is 4.90 Å². The Kier molecular flexibility index (Phi) is 4.93. The lowest BCUT2D eigenvalue weighted by Crippen LogP contribution is -2.21. The number of rotatable bonds is 5. The fraction of sp³-hybridized carbons (Fsp3) is 0.100. The van der Waals surface area contributed by atoms with E-state index in [9.17, 15) is 4.79 Å². The van der Waals surface area contributed by atoms with Gasteiger partial charge in [0.1, 0.15) is 5.69 Å². The monoisotopic (exact) mass is 387 g/mol. The fourth-order valence-electron chi connectivity index (χ4n) is 2.59. The van der Waals surface area contributed by atoms with Crippen LogP contribution < -0.4 is 5.32 Å². The summed E-state index contributed by atoms with van der Waals surface area (Å²) in [7, 11) is 3.43. The maximum absolute atomic E-state index is 12.0. The number of hydrogen-bond acceptors (Lipinski definition) is 8. The molecule has 0 atom stereocenters. The fourth-order valence-corrected chi connectivity index (χ4v) is 2.59. The molecule has 3 heterocycles. The number of carbonyl (C=O) groups excluding carboxylic acids is 1. The summed E-state index contributed by atoms with van der Waals surface area (Å²) in [6, 6.07) is 11.0. The lowest BCUT2D eigenvalue weighted by atomic mass is 10.1. The molecule has 0 spiro atoms. The molecule has 9 nitrogen and oxygen atoms in total. The van der Waals surface area contributed by atoms with Crippen LogP contribution in [0, 0.1) is 0 Å². The van der Waals surface area contributed by atoms with Crippen LogP contribution in [-0.2, 0) is 0 Å². The van der Waals surface area contributed by atoms with Gasteiger partial charge in [-0.3, -0.25) is 14.8 Å². The molecule has 0 unspecified atom stereocenters. The molecule has 1 N–H and O–H groups in total. The summed E-state index contributed by atoms with van der Waals surface area (Å²) in [6.45, 7) is 0. The maximum Gasteiger partial charge on any atom is 0.320 e. The van der Waals surface area contributed by atoms with Crippen LogP contribution in [0.25, 0.3) is 22.8 Å². The third-order valence-corrected chi connectivity index (χ3v) is 4.03. The van der Waals surface area contributed by atoms with E-state index < -0.39 is 0 Å². The minimum Gasteiger partial charge on any atom is -0.401 e. The van der Waals surface area contributed by atoms with Crippen LogP contribution in [0.2, 0.25) is 0 Å². The minimum absolute atomic E-state index is 0.0594. The van der Waals surface area contributed by atoms with E-state index in [-0.39, 0.29) is 17.8 Å². The number of nitrogens with zero attached hydrogens (tertiary/aromatic N) is 6. The van der Waals surface area contributed by atoms with Gasteiger partial charge < -0.3 is 14.6 Å². The SMILES string of the molecule is CN(C)C(=O)c1ccc(-c2cncc(-c3nnc(Nc4cccnc4)o3)n2)cc1. The van der Waals surface area contributed by atoms with Gasteiger partial charge in [0, 0.05) is 31.4 Å². The first kappa shape index (κ1) is 18.2. The van der Waals surface area contributed by atoms with Crippen molar-refractivity contribution in [3.05, 3.63) is 66.7 Å². The third-order valence-electron chi connectivity index (χ3n) is 4.03. The van der Waals surface area contributed by atoms with Gasteiger partial charge in [0.05, 0.1) is 30.0 Å². The van der Waals surface area contributed by atoms with Crippen LogP contribution in [0.15, 0.2) is 65.6 Å². The van der Waals surface area contributed by atoms with Crippen LogP contribution in [0.4, 0.5) is 11.7 Å². The molecule has 0 radical (unpaired) electrons. The first-order valence-electron chi connectivity index (χ1n) is 8.75. The normalized spacial score (nSPS) is 10.6. The van der Waals surface area contributed by atoms with Gasteiger partial charge in [-0.2, -0.15) is 0 Å². The number of carbonyl (C=O) groups is 1. The van der Waals surface area contributed by atoms with Gasteiger partial charge in [0.2, 0.25) is 0 Å². The van der Waals surface area contributed by atoms with Crippen LogP contribution >= 0.6 is 0 Å². The Balaban J connectivity index is 1.56. The van der Waals surface area contributed by atoms with Gasteiger partial charge in [-0.15, -0.1) is 5.10 Å². The summed E-state index contributed by atoms with van der Waals surface area (Å²) in [5.74, 6) is 0.182. The highest BCUT2D eigenvalue weighted by Crippen LogP contribution is 2.23. The second-order valence-electron chi connectivity index (χ2n) is 6.35. The van der Waals surface area contributed by atoms with Crippen molar-refractivity contribution in [3.8, 4) is 22.8 Å². The minimum atomic E-state index is -0.0594. The molecule has 9 heteroatoms. The Hall–Kier alpha value is -4.14. The van der Waals surface area contributed by atoms with Gasteiger partial charge in [0.15, 0.2) is 0 Å². The van der Waals surface area contributed by atoms with Crippen molar-refractivity contribution in [2.24, 2.45) is 0 Å². The highest BCUT2D eigenvalue weighted by molar-refractivity contribution is 5.94. The number of nitrogens with one attached hydrogen (secondary N) is 1. The molecule has 0 fully saturated rings. The van der Waals surface area contributed by atoms with Crippen molar-refractivity contribution in [1.29, 1.82) is 0 Å². The number of amides is 1. The standard InChI is InChI=1S/C20H17N7O2/c1-27(2)19(28)14-7-5-13(6-8-14)16-11-22-12-17(24-16)18-25-26-20(29-18)23-15-4-3-9-21-10-15/h3-12H,1-2H3,(H,23,26). The molecule has 0 aliphatic carbocycles. The van der Waals surface area contributed by atoms with Crippen LogP contribution in [0.3, 0.4) is 0 Å². The molecule has 0 aliphatic rings. The van der Waals surface area contributed by atoms with Gasteiger partial charge in [-0.05, 0) is 24.3 Å². The van der Waals surface area contributed by atoms with E-state index in [1.54, 1.807) is 57.1 Å². The average Bonchev–Trinajstić information content (AvgIpc) is 3.22. The average molecular weight is 387 g/mol. The van der Waals surface area contributed by atoms with Gasteiger partial charge >= 0.3 is 6.01 Å². The van der Waals surface area contributed by atoms with Crippen molar-refractivity contribution in [1.82, 2.24) is 30.0 Å². The molecular weight excluding hydrogens is 370 g/mol. The number of hydrogen-bond donors (Lipinski definition) is 1. The molecule has 4 aromatic rings. The lowest BCUT2D eigenvalue weighted by molar-refractivity contribution is 0.0827. The number of anilines is 2. The first-order chi connectivity index (χ1) is 14.1. The van der Waals surface area contributed by atoms with Crippen LogP contribution in [-0.4, -0.2) is 50.1 Å². The molecule has 144 valence electrons. The van der Waals surface area contributed by atoms with Crippen molar-refractivity contribution >= 4 is 17.6 Å². The van der Waals surface area contributed by atoms with Gasteiger partial charge in [0.25, 0.3) is 11.8 Å². The summed E-state index contributed by atoms with van der Waals surface area (Å²) in [5.41, 5.74) is 3.23. The van der Waals surface area contributed by atoms with E-state index in [1.807, 2.05) is 18.2 Å². The quantitative estimate of drug-likeness (QED) is 0.556. The molecule has 0 aliphatic heterocycles. The molecule has 4 rings (SSSR count). The topological polar surface area (TPSA) is 110 Å². The molecule has 0 bridgehead atoms. The largest absolute Gasteiger partial charge is 0.401 e. The highest BCUT2D eigenvalue weighted by atomic mass is 16.4. The molecule has 0 saturated heterocycles. The maximum atomic E-state index is 12.0. The summed E-state index contributed by atoms with van der Waals surface area (Å²) in [6.07, 6.45) is 6.51. The Morgan fingerprint density at radius 2 is 1.76 bits per heavy atom. The number of pyridine rings is 1. The van der Waals surface area contributed by atoms with Gasteiger partial charge in [-0.1, -0.05) is 17.2 Å². The van der Waals surface area contributed by atoms with Crippen molar-refractivity contribution in [2.45, 2.75) is 0 Å². The zero-order valence-corrected chi connectivity index (χ0v) is 15.8. The van der Waals surface area contributed by atoms with Crippen molar-refractivity contribution in [3.63, 3.8) is 0 Å². The summed E-state index contributed by atoms with van der Waals surface area (Å²) >= 11 is 0. The third kappa shape index (κ3) is 4.08. The Morgan fingerprint density at radius 1 is 0.966 bits per heavy atom. The van der Waals surface area contributed by atoms with Crippen LogP contribution in [0.1, 0.15) is 10.4 Å². The van der Waals surface area contributed by atoms with E-state index in [0.717, 1.165) is 11.3 Å². The van der Waals surface area contributed by atoms with E-state index in [2.05, 4.69) is 30.5 Å². The smallest absolute Gasteiger partial charge is 0.320 e. The summed E-state index contributed by atoms with van der Waals surface area (Å²) < 4.78 is 5.63. The second-order valence-corrected chi connectivity index (χ2v) is 6.35.